The van der Waals surface area contributed by atoms with E-state index in [1.54, 1.807) is 6.92 Å². The Morgan fingerprint density at radius 3 is 2.29 bits per heavy atom. The maximum atomic E-state index is 12.2. The molecule has 86 valence electrons. The fraction of sp³-hybridized carbons (Fsp3) is 1.00. The Balaban J connectivity index is 3.83. The Hall–Kier alpha value is -0.230. The Labute approximate surface area is 83.8 Å². The monoisotopic (exact) mass is 229 g/mol. The maximum Gasteiger partial charge on any atom is 0.253 e. The van der Waals surface area contributed by atoms with Crippen LogP contribution < -0.4 is 5.32 Å². The molecule has 0 radical (unpaired) electrons. The van der Waals surface area contributed by atoms with Crippen LogP contribution in [0.3, 0.4) is 0 Å². The zero-order valence-corrected chi connectivity index (χ0v) is 9.28. The zero-order valence-electron chi connectivity index (χ0n) is 8.46. The zero-order chi connectivity index (χ0) is 11.2. The number of halogens is 2. The number of alkyl halides is 2. The molecule has 14 heavy (non-hydrogen) atoms. The lowest BCUT2D eigenvalue weighted by molar-refractivity contribution is 0.0976. The normalized spacial score (nSPS) is 14.6. The average molecular weight is 229 g/mol. The summed E-state index contributed by atoms with van der Waals surface area (Å²) in [4.78, 5) is 0. The first-order valence-electron chi connectivity index (χ1n) is 4.58. The SMILES string of the molecule is CCS(=O)(=O)CCCC(NC)C(F)F. The Kier molecular flexibility index (Phi) is 6.19. The molecule has 0 aromatic heterocycles. The third-order valence-corrected chi connectivity index (χ3v) is 3.88. The quantitative estimate of drug-likeness (QED) is 0.710. The van der Waals surface area contributed by atoms with Crippen LogP contribution in [0.15, 0.2) is 0 Å². The molecule has 0 rings (SSSR count). The van der Waals surface area contributed by atoms with E-state index in [-0.39, 0.29) is 24.3 Å². The summed E-state index contributed by atoms with van der Waals surface area (Å²) in [5.74, 6) is 0.0697. The standard InChI is InChI=1S/C8H17F2NO2S/c1-3-14(12,13)6-4-5-7(11-2)8(9)10/h7-8,11H,3-6H2,1-2H3. The lowest BCUT2D eigenvalue weighted by atomic mass is 10.2. The van der Waals surface area contributed by atoms with Gasteiger partial charge in [-0.05, 0) is 19.9 Å². The first-order valence-corrected chi connectivity index (χ1v) is 6.41. The summed E-state index contributed by atoms with van der Waals surface area (Å²) in [6, 6.07) is -0.901. The van der Waals surface area contributed by atoms with Crippen LogP contribution in [0.1, 0.15) is 19.8 Å². The predicted molar refractivity (Wildman–Crippen MR) is 52.4 cm³/mol. The third-order valence-electron chi connectivity index (χ3n) is 2.09. The molecule has 0 fully saturated rings. The minimum absolute atomic E-state index is 0.00556. The topological polar surface area (TPSA) is 46.2 Å². The van der Waals surface area contributed by atoms with Crippen LogP contribution in [0.4, 0.5) is 8.78 Å². The van der Waals surface area contributed by atoms with Crippen LogP contribution in [-0.4, -0.2) is 39.4 Å². The molecule has 1 atom stereocenters. The molecular weight excluding hydrogens is 212 g/mol. The van der Waals surface area contributed by atoms with Crippen molar-refractivity contribution in [2.75, 3.05) is 18.6 Å². The summed E-state index contributed by atoms with van der Waals surface area (Å²) in [6.45, 7) is 1.55. The molecular formula is C8H17F2NO2S. The average Bonchev–Trinajstić information content (AvgIpc) is 2.12. The van der Waals surface area contributed by atoms with Gasteiger partial charge in [0.1, 0.15) is 9.84 Å². The third kappa shape index (κ3) is 5.49. The van der Waals surface area contributed by atoms with Crippen molar-refractivity contribution in [3.05, 3.63) is 0 Å². The van der Waals surface area contributed by atoms with Crippen molar-refractivity contribution in [2.45, 2.75) is 32.2 Å². The van der Waals surface area contributed by atoms with Gasteiger partial charge in [0.05, 0.1) is 11.8 Å². The van der Waals surface area contributed by atoms with Gasteiger partial charge >= 0.3 is 0 Å². The number of nitrogens with one attached hydrogen (secondary N) is 1. The summed E-state index contributed by atoms with van der Waals surface area (Å²) in [5.41, 5.74) is 0. The van der Waals surface area contributed by atoms with Crippen LogP contribution in [0.2, 0.25) is 0 Å². The van der Waals surface area contributed by atoms with E-state index < -0.39 is 22.3 Å². The van der Waals surface area contributed by atoms with E-state index in [9.17, 15) is 17.2 Å². The molecule has 0 aliphatic heterocycles. The Morgan fingerprint density at radius 2 is 1.93 bits per heavy atom. The summed E-state index contributed by atoms with van der Waals surface area (Å²) in [5, 5.41) is 2.46. The highest BCUT2D eigenvalue weighted by Crippen LogP contribution is 2.08. The van der Waals surface area contributed by atoms with Gasteiger partial charge in [-0.25, -0.2) is 17.2 Å². The highest BCUT2D eigenvalue weighted by Gasteiger charge is 2.18. The largest absolute Gasteiger partial charge is 0.312 e. The second-order valence-electron chi connectivity index (χ2n) is 3.11. The van der Waals surface area contributed by atoms with Crippen molar-refractivity contribution in [3.63, 3.8) is 0 Å². The Bertz CT molecular complexity index is 242. The molecule has 0 aromatic rings. The first-order chi connectivity index (χ1) is 6.43. The molecule has 0 amide bonds. The van der Waals surface area contributed by atoms with Gasteiger partial charge in [0.15, 0.2) is 0 Å². The molecule has 1 N–H and O–H groups in total. The second kappa shape index (κ2) is 6.29. The summed E-state index contributed by atoms with van der Waals surface area (Å²) >= 11 is 0. The van der Waals surface area contributed by atoms with Gasteiger partial charge in [0, 0.05) is 5.75 Å². The van der Waals surface area contributed by atoms with E-state index >= 15 is 0 Å². The molecule has 0 spiro atoms. The minimum atomic E-state index is -3.02. The fourth-order valence-corrected chi connectivity index (χ4v) is 1.96. The molecule has 1 unspecified atom stereocenters. The second-order valence-corrected chi connectivity index (χ2v) is 5.58. The first kappa shape index (κ1) is 13.8. The number of hydrogen-bond donors (Lipinski definition) is 1. The summed E-state index contributed by atoms with van der Waals surface area (Å²) in [7, 11) is -1.57. The number of rotatable bonds is 7. The molecule has 3 nitrogen and oxygen atoms in total. The number of hydrogen-bond acceptors (Lipinski definition) is 3. The highest BCUT2D eigenvalue weighted by molar-refractivity contribution is 7.91. The van der Waals surface area contributed by atoms with Gasteiger partial charge in [-0.15, -0.1) is 0 Å². The van der Waals surface area contributed by atoms with Crippen molar-refractivity contribution in [1.29, 1.82) is 0 Å². The summed E-state index contributed by atoms with van der Waals surface area (Å²) in [6.07, 6.45) is -1.97. The molecule has 0 aliphatic carbocycles. The van der Waals surface area contributed by atoms with Crippen molar-refractivity contribution < 1.29 is 17.2 Å². The Morgan fingerprint density at radius 1 is 1.36 bits per heavy atom. The van der Waals surface area contributed by atoms with Crippen LogP contribution in [0.25, 0.3) is 0 Å². The molecule has 0 aliphatic rings. The molecule has 6 heteroatoms. The number of sulfone groups is 1. The predicted octanol–water partition coefficient (Wildman–Crippen LogP) is 1.05. The van der Waals surface area contributed by atoms with Gasteiger partial charge in [0.2, 0.25) is 0 Å². The van der Waals surface area contributed by atoms with Crippen molar-refractivity contribution in [2.24, 2.45) is 0 Å². The molecule has 0 saturated heterocycles. The fourth-order valence-electron chi connectivity index (χ4n) is 1.06. The maximum absolute atomic E-state index is 12.2. The van der Waals surface area contributed by atoms with Crippen LogP contribution in [0, 0.1) is 0 Å². The lowest BCUT2D eigenvalue weighted by Crippen LogP contribution is -2.33. The van der Waals surface area contributed by atoms with Gasteiger partial charge in [0.25, 0.3) is 6.43 Å². The smallest absolute Gasteiger partial charge is 0.253 e. The molecule has 0 heterocycles. The van der Waals surface area contributed by atoms with E-state index in [1.165, 1.54) is 7.05 Å². The van der Waals surface area contributed by atoms with E-state index in [2.05, 4.69) is 5.32 Å². The minimum Gasteiger partial charge on any atom is -0.312 e. The highest BCUT2D eigenvalue weighted by atomic mass is 32.2. The van der Waals surface area contributed by atoms with Gasteiger partial charge in [-0.3, -0.25) is 0 Å². The van der Waals surface area contributed by atoms with Gasteiger partial charge < -0.3 is 5.32 Å². The van der Waals surface area contributed by atoms with Crippen LogP contribution >= 0.6 is 0 Å². The van der Waals surface area contributed by atoms with Crippen molar-refractivity contribution in [3.8, 4) is 0 Å². The van der Waals surface area contributed by atoms with E-state index in [0.29, 0.717) is 0 Å². The molecule has 0 bridgehead atoms. The van der Waals surface area contributed by atoms with Gasteiger partial charge in [-0.2, -0.15) is 0 Å². The lowest BCUT2D eigenvalue weighted by Gasteiger charge is -2.14. The molecule has 0 saturated carbocycles. The summed E-state index contributed by atoms with van der Waals surface area (Å²) < 4.78 is 46.4. The van der Waals surface area contributed by atoms with E-state index in [1.807, 2.05) is 0 Å². The van der Waals surface area contributed by atoms with Crippen molar-refractivity contribution in [1.82, 2.24) is 5.32 Å². The van der Waals surface area contributed by atoms with E-state index in [4.69, 9.17) is 0 Å². The van der Waals surface area contributed by atoms with Crippen molar-refractivity contribution >= 4 is 9.84 Å². The molecule has 0 aromatic carbocycles. The van der Waals surface area contributed by atoms with Crippen LogP contribution in [0.5, 0.6) is 0 Å². The van der Waals surface area contributed by atoms with Gasteiger partial charge in [-0.1, -0.05) is 6.92 Å². The van der Waals surface area contributed by atoms with E-state index in [0.717, 1.165) is 0 Å². The van der Waals surface area contributed by atoms with Crippen LogP contribution in [-0.2, 0) is 9.84 Å².